The highest BCUT2D eigenvalue weighted by Gasteiger charge is 2.25. The zero-order chi connectivity index (χ0) is 12.5. The maximum absolute atomic E-state index is 6.28. The Morgan fingerprint density at radius 3 is 2.39 bits per heavy atom. The summed E-state index contributed by atoms with van der Waals surface area (Å²) in [5, 5.41) is 3.30. The molecule has 3 rings (SSSR count). The van der Waals surface area contributed by atoms with Gasteiger partial charge < -0.3 is 0 Å². The Morgan fingerprint density at radius 1 is 1.00 bits per heavy atom. The Bertz CT molecular complexity index is 558. The van der Waals surface area contributed by atoms with Crippen LogP contribution in [-0.2, 0) is 0 Å². The Balaban J connectivity index is 2.08. The van der Waals surface area contributed by atoms with Crippen LogP contribution in [0.4, 0.5) is 0 Å². The fourth-order valence-electron chi connectivity index (χ4n) is 3.03. The number of alkyl halides is 1. The minimum Gasteiger partial charge on any atom is -0.0837 e. The first kappa shape index (κ1) is 12.5. The first-order valence-electron chi connectivity index (χ1n) is 6.58. The molecule has 0 aromatic heterocycles. The quantitative estimate of drug-likeness (QED) is 0.584. The molecule has 2 aromatic rings. The van der Waals surface area contributed by atoms with Crippen molar-refractivity contribution in [1.29, 1.82) is 0 Å². The lowest BCUT2D eigenvalue weighted by molar-refractivity contribution is 0.544. The molecule has 1 aliphatic carbocycles. The molecule has 1 fully saturated rings. The van der Waals surface area contributed by atoms with Crippen molar-refractivity contribution in [3.05, 3.63) is 47.0 Å². The zero-order valence-electron chi connectivity index (χ0n) is 10.2. The number of halogens is 2. The monoisotopic (exact) mass is 322 g/mol. The Kier molecular flexibility index (Phi) is 3.63. The normalized spacial score (nSPS) is 18.3. The number of benzene rings is 2. The standard InChI is InChI=1S/C16H16BrCl/c17-16(11-5-1-2-6-11)14-9-10-15(18)13-8-4-3-7-12(13)14/h3-4,7-11,16H,1-2,5-6H2. The second-order valence-electron chi connectivity index (χ2n) is 5.13. The summed E-state index contributed by atoms with van der Waals surface area (Å²) < 4.78 is 0. The first-order chi connectivity index (χ1) is 8.77. The third kappa shape index (κ3) is 2.19. The predicted octanol–water partition coefficient (Wildman–Crippen LogP) is 6.12. The molecule has 1 atom stereocenters. The summed E-state index contributed by atoms with van der Waals surface area (Å²) in [6, 6.07) is 12.6. The van der Waals surface area contributed by atoms with Gasteiger partial charge >= 0.3 is 0 Å². The van der Waals surface area contributed by atoms with Gasteiger partial charge in [-0.15, -0.1) is 0 Å². The van der Waals surface area contributed by atoms with Crippen molar-refractivity contribution in [3.8, 4) is 0 Å². The van der Waals surface area contributed by atoms with Gasteiger partial charge in [0.25, 0.3) is 0 Å². The minimum atomic E-state index is 0.460. The van der Waals surface area contributed by atoms with E-state index >= 15 is 0 Å². The fourth-order valence-corrected chi connectivity index (χ4v) is 4.19. The molecule has 0 spiro atoms. The Labute approximate surface area is 121 Å². The van der Waals surface area contributed by atoms with Gasteiger partial charge in [-0.3, -0.25) is 0 Å². The van der Waals surface area contributed by atoms with E-state index in [0.29, 0.717) is 4.83 Å². The van der Waals surface area contributed by atoms with Crippen molar-refractivity contribution in [2.45, 2.75) is 30.5 Å². The molecule has 0 heterocycles. The van der Waals surface area contributed by atoms with E-state index in [9.17, 15) is 0 Å². The summed E-state index contributed by atoms with van der Waals surface area (Å²) in [5.74, 6) is 0.773. The summed E-state index contributed by atoms with van der Waals surface area (Å²) in [5.41, 5.74) is 1.39. The summed E-state index contributed by atoms with van der Waals surface area (Å²) in [6.07, 6.45) is 5.43. The number of hydrogen-bond donors (Lipinski definition) is 0. The third-order valence-corrected chi connectivity index (χ3v) is 5.59. The van der Waals surface area contributed by atoms with Crippen LogP contribution in [0.5, 0.6) is 0 Å². The van der Waals surface area contributed by atoms with Gasteiger partial charge in [-0.1, -0.05) is 70.7 Å². The highest BCUT2D eigenvalue weighted by Crippen LogP contribution is 2.44. The topological polar surface area (TPSA) is 0 Å². The molecule has 18 heavy (non-hydrogen) atoms. The average Bonchev–Trinajstić information content (AvgIpc) is 2.93. The Hall–Kier alpha value is -0.530. The van der Waals surface area contributed by atoms with Crippen LogP contribution >= 0.6 is 27.5 Å². The van der Waals surface area contributed by atoms with Crippen molar-refractivity contribution in [2.24, 2.45) is 5.92 Å². The number of rotatable bonds is 2. The molecule has 0 amide bonds. The van der Waals surface area contributed by atoms with E-state index in [1.165, 1.54) is 42.0 Å². The van der Waals surface area contributed by atoms with Gasteiger partial charge in [-0.25, -0.2) is 0 Å². The first-order valence-corrected chi connectivity index (χ1v) is 7.88. The highest BCUT2D eigenvalue weighted by atomic mass is 79.9. The highest BCUT2D eigenvalue weighted by molar-refractivity contribution is 9.09. The lowest BCUT2D eigenvalue weighted by atomic mass is 9.94. The molecular weight excluding hydrogens is 308 g/mol. The maximum atomic E-state index is 6.28. The van der Waals surface area contributed by atoms with Gasteiger partial charge in [-0.2, -0.15) is 0 Å². The summed E-state index contributed by atoms with van der Waals surface area (Å²) >= 11 is 10.2. The van der Waals surface area contributed by atoms with Crippen molar-refractivity contribution < 1.29 is 0 Å². The lowest BCUT2D eigenvalue weighted by Gasteiger charge is -2.19. The second kappa shape index (κ2) is 5.22. The lowest BCUT2D eigenvalue weighted by Crippen LogP contribution is -2.03. The van der Waals surface area contributed by atoms with E-state index in [2.05, 4.69) is 46.3 Å². The largest absolute Gasteiger partial charge is 0.0837 e. The van der Waals surface area contributed by atoms with Gasteiger partial charge in [0.1, 0.15) is 0 Å². The van der Waals surface area contributed by atoms with Crippen LogP contribution in [0.25, 0.3) is 10.8 Å². The van der Waals surface area contributed by atoms with Crippen LogP contribution in [0.3, 0.4) is 0 Å². The molecule has 1 unspecified atom stereocenters. The van der Waals surface area contributed by atoms with Gasteiger partial charge in [0.2, 0.25) is 0 Å². The van der Waals surface area contributed by atoms with E-state index in [0.717, 1.165) is 10.9 Å². The van der Waals surface area contributed by atoms with Crippen LogP contribution in [0.15, 0.2) is 36.4 Å². The van der Waals surface area contributed by atoms with E-state index in [-0.39, 0.29) is 0 Å². The third-order valence-electron chi connectivity index (χ3n) is 4.02. The van der Waals surface area contributed by atoms with Crippen LogP contribution < -0.4 is 0 Å². The summed E-state index contributed by atoms with van der Waals surface area (Å²) in [6.45, 7) is 0. The van der Waals surface area contributed by atoms with E-state index in [1.807, 2.05) is 6.07 Å². The van der Waals surface area contributed by atoms with Crippen molar-refractivity contribution in [3.63, 3.8) is 0 Å². The molecule has 0 bridgehead atoms. The average molecular weight is 324 g/mol. The molecule has 2 heteroatoms. The molecular formula is C16H16BrCl. The molecule has 0 saturated heterocycles. The number of hydrogen-bond acceptors (Lipinski definition) is 0. The molecule has 2 aromatic carbocycles. The van der Waals surface area contributed by atoms with Gasteiger partial charge in [-0.05, 0) is 35.8 Å². The van der Waals surface area contributed by atoms with Crippen LogP contribution in [-0.4, -0.2) is 0 Å². The fraction of sp³-hybridized carbons (Fsp3) is 0.375. The smallest absolute Gasteiger partial charge is 0.0484 e. The van der Waals surface area contributed by atoms with Crippen LogP contribution in [0.2, 0.25) is 5.02 Å². The van der Waals surface area contributed by atoms with Crippen LogP contribution in [0.1, 0.15) is 36.1 Å². The van der Waals surface area contributed by atoms with Crippen LogP contribution in [0, 0.1) is 5.92 Å². The molecule has 0 aliphatic heterocycles. The molecule has 1 aliphatic rings. The molecule has 0 nitrogen and oxygen atoms in total. The Morgan fingerprint density at radius 2 is 1.67 bits per heavy atom. The van der Waals surface area contributed by atoms with E-state index in [4.69, 9.17) is 11.6 Å². The van der Waals surface area contributed by atoms with Gasteiger partial charge in [0.15, 0.2) is 0 Å². The molecule has 0 N–H and O–H groups in total. The maximum Gasteiger partial charge on any atom is 0.0484 e. The molecule has 0 radical (unpaired) electrons. The van der Waals surface area contributed by atoms with E-state index in [1.54, 1.807) is 0 Å². The van der Waals surface area contributed by atoms with Crippen molar-refractivity contribution in [1.82, 2.24) is 0 Å². The van der Waals surface area contributed by atoms with Crippen molar-refractivity contribution in [2.75, 3.05) is 0 Å². The van der Waals surface area contributed by atoms with Gasteiger partial charge in [0.05, 0.1) is 0 Å². The predicted molar refractivity (Wildman–Crippen MR) is 82.6 cm³/mol. The van der Waals surface area contributed by atoms with Crippen molar-refractivity contribution >= 4 is 38.3 Å². The second-order valence-corrected chi connectivity index (χ2v) is 6.52. The SMILES string of the molecule is Clc1ccc(C(Br)C2CCCC2)c2ccccc12. The van der Waals surface area contributed by atoms with E-state index < -0.39 is 0 Å². The molecule has 94 valence electrons. The van der Waals surface area contributed by atoms with Gasteiger partial charge in [0, 0.05) is 15.2 Å². The zero-order valence-corrected chi connectivity index (χ0v) is 12.5. The summed E-state index contributed by atoms with van der Waals surface area (Å²) in [7, 11) is 0. The minimum absolute atomic E-state index is 0.460. The summed E-state index contributed by atoms with van der Waals surface area (Å²) in [4.78, 5) is 0.460. The molecule has 1 saturated carbocycles. The number of fused-ring (bicyclic) bond motifs is 1.